The van der Waals surface area contributed by atoms with Crippen LogP contribution in [0.3, 0.4) is 0 Å². The Kier molecular flexibility index (Phi) is 5.52. The van der Waals surface area contributed by atoms with Crippen molar-refractivity contribution in [2.75, 3.05) is 16.8 Å². The number of nitrogens with zero attached hydrogens (tertiary/aromatic N) is 2. The van der Waals surface area contributed by atoms with E-state index in [-0.39, 0.29) is 11.8 Å². The molecule has 1 N–H and O–H groups in total. The zero-order valence-electron chi connectivity index (χ0n) is 16.6. The Morgan fingerprint density at radius 1 is 0.833 bits per heavy atom. The first-order chi connectivity index (χ1) is 14.7. The number of nitrogens with one attached hydrogen (secondary N) is 1. The molecule has 5 heteroatoms. The number of pyridine rings is 1. The van der Waals surface area contributed by atoms with Gasteiger partial charge in [0.2, 0.25) is 0 Å². The number of anilines is 2. The van der Waals surface area contributed by atoms with Crippen LogP contribution in [0.5, 0.6) is 0 Å². The summed E-state index contributed by atoms with van der Waals surface area (Å²) in [6, 6.07) is 27.6. The van der Waals surface area contributed by atoms with Crippen molar-refractivity contribution in [2.45, 2.75) is 6.92 Å². The number of para-hydroxylation sites is 1. The molecular formula is C25H21N3O2. The van der Waals surface area contributed by atoms with E-state index in [1.807, 2.05) is 61.5 Å². The van der Waals surface area contributed by atoms with Crippen LogP contribution in [0.2, 0.25) is 0 Å². The average Bonchev–Trinajstić information content (AvgIpc) is 2.80. The van der Waals surface area contributed by atoms with Gasteiger partial charge < -0.3 is 10.2 Å². The first kappa shape index (κ1) is 19.3. The number of carbonyl (C=O) groups is 2. The average molecular weight is 395 g/mol. The fourth-order valence-electron chi connectivity index (χ4n) is 3.32. The van der Waals surface area contributed by atoms with Crippen molar-refractivity contribution in [3.05, 3.63) is 102 Å². The van der Waals surface area contributed by atoms with E-state index in [1.54, 1.807) is 41.3 Å². The first-order valence-electron chi connectivity index (χ1n) is 9.80. The lowest BCUT2D eigenvalue weighted by Gasteiger charge is -2.21. The van der Waals surface area contributed by atoms with E-state index < -0.39 is 0 Å². The topological polar surface area (TPSA) is 62.3 Å². The highest BCUT2D eigenvalue weighted by Crippen LogP contribution is 2.20. The van der Waals surface area contributed by atoms with E-state index >= 15 is 0 Å². The molecule has 3 aromatic carbocycles. The molecule has 5 nitrogen and oxygen atoms in total. The van der Waals surface area contributed by atoms with Gasteiger partial charge in [-0.25, -0.2) is 4.98 Å². The molecule has 4 rings (SSSR count). The molecule has 0 unspecified atom stereocenters. The molecule has 0 atom stereocenters. The zero-order valence-corrected chi connectivity index (χ0v) is 16.6. The summed E-state index contributed by atoms with van der Waals surface area (Å²) in [5.74, 6) is 0.103. The SMILES string of the molecule is CCN(C(=O)c1ccccc1)c1cccc(C(=O)Nc2ccc3ccccc3n2)c1. The monoisotopic (exact) mass is 395 g/mol. The zero-order chi connectivity index (χ0) is 20.9. The molecule has 0 aliphatic rings. The van der Waals surface area contributed by atoms with Crippen molar-refractivity contribution in [1.29, 1.82) is 0 Å². The minimum absolute atomic E-state index is 0.105. The molecule has 1 heterocycles. The van der Waals surface area contributed by atoms with Crippen molar-refractivity contribution < 1.29 is 9.59 Å². The van der Waals surface area contributed by atoms with Gasteiger partial charge in [0.15, 0.2) is 0 Å². The van der Waals surface area contributed by atoms with Crippen LogP contribution < -0.4 is 10.2 Å². The normalized spacial score (nSPS) is 10.6. The van der Waals surface area contributed by atoms with Crippen molar-refractivity contribution in [3.8, 4) is 0 Å². The summed E-state index contributed by atoms with van der Waals surface area (Å²) in [4.78, 5) is 31.8. The van der Waals surface area contributed by atoms with Gasteiger partial charge in [0, 0.05) is 28.7 Å². The lowest BCUT2D eigenvalue weighted by molar-refractivity contribution is 0.0985. The molecule has 2 amide bonds. The third-order valence-corrected chi connectivity index (χ3v) is 4.84. The van der Waals surface area contributed by atoms with E-state index in [0.717, 1.165) is 10.9 Å². The molecular weight excluding hydrogens is 374 g/mol. The Balaban J connectivity index is 1.57. The van der Waals surface area contributed by atoms with Gasteiger partial charge in [0.1, 0.15) is 5.82 Å². The Morgan fingerprint density at radius 2 is 1.57 bits per heavy atom. The molecule has 0 saturated heterocycles. The third-order valence-electron chi connectivity index (χ3n) is 4.84. The quantitative estimate of drug-likeness (QED) is 0.508. The van der Waals surface area contributed by atoms with Crippen LogP contribution in [0.25, 0.3) is 10.9 Å². The molecule has 0 spiro atoms. The van der Waals surface area contributed by atoms with Crippen LogP contribution in [0.15, 0.2) is 91.0 Å². The van der Waals surface area contributed by atoms with Crippen LogP contribution in [-0.4, -0.2) is 23.3 Å². The standard InChI is InChI=1S/C25H21N3O2/c1-2-28(25(30)19-10-4-3-5-11-19)21-13-8-12-20(17-21)24(29)27-23-16-15-18-9-6-7-14-22(18)26-23/h3-17H,2H2,1H3,(H,26,27,29). The number of hydrogen-bond donors (Lipinski definition) is 1. The molecule has 148 valence electrons. The van der Waals surface area contributed by atoms with Crippen LogP contribution in [0, 0.1) is 0 Å². The molecule has 0 bridgehead atoms. The number of amides is 2. The molecule has 0 fully saturated rings. The Bertz CT molecular complexity index is 1210. The highest BCUT2D eigenvalue weighted by Gasteiger charge is 2.17. The van der Waals surface area contributed by atoms with Gasteiger partial charge in [-0.15, -0.1) is 0 Å². The predicted molar refractivity (Wildman–Crippen MR) is 120 cm³/mol. The number of hydrogen-bond acceptors (Lipinski definition) is 3. The number of carbonyl (C=O) groups excluding carboxylic acids is 2. The maximum atomic E-state index is 12.9. The smallest absolute Gasteiger partial charge is 0.258 e. The van der Waals surface area contributed by atoms with Gasteiger partial charge >= 0.3 is 0 Å². The van der Waals surface area contributed by atoms with E-state index in [2.05, 4.69) is 10.3 Å². The van der Waals surface area contributed by atoms with Gasteiger partial charge in [0.25, 0.3) is 11.8 Å². The van der Waals surface area contributed by atoms with Gasteiger partial charge in [-0.1, -0.05) is 42.5 Å². The number of aromatic nitrogens is 1. The van der Waals surface area contributed by atoms with Crippen molar-refractivity contribution in [3.63, 3.8) is 0 Å². The van der Waals surface area contributed by atoms with Gasteiger partial charge in [-0.2, -0.15) is 0 Å². The van der Waals surface area contributed by atoms with Gasteiger partial charge in [-0.05, 0) is 55.5 Å². The molecule has 4 aromatic rings. The Labute approximate surface area is 175 Å². The van der Waals surface area contributed by atoms with Crippen molar-refractivity contribution in [2.24, 2.45) is 0 Å². The maximum absolute atomic E-state index is 12.9. The Hall–Kier alpha value is -3.99. The van der Waals surface area contributed by atoms with Crippen LogP contribution in [0.1, 0.15) is 27.6 Å². The first-order valence-corrected chi connectivity index (χ1v) is 9.80. The molecule has 30 heavy (non-hydrogen) atoms. The third kappa shape index (κ3) is 4.05. The second-order valence-corrected chi connectivity index (χ2v) is 6.81. The summed E-state index contributed by atoms with van der Waals surface area (Å²) in [6.45, 7) is 2.40. The van der Waals surface area contributed by atoms with Crippen molar-refractivity contribution in [1.82, 2.24) is 4.98 Å². The summed E-state index contributed by atoms with van der Waals surface area (Å²) in [5, 5.41) is 3.85. The second kappa shape index (κ2) is 8.57. The van der Waals surface area contributed by atoms with E-state index in [4.69, 9.17) is 0 Å². The van der Waals surface area contributed by atoms with Crippen LogP contribution >= 0.6 is 0 Å². The Morgan fingerprint density at radius 3 is 2.37 bits per heavy atom. The summed E-state index contributed by atoms with van der Waals surface area (Å²) in [5.41, 5.74) is 2.55. The lowest BCUT2D eigenvalue weighted by Crippen LogP contribution is -2.30. The van der Waals surface area contributed by atoms with Gasteiger partial charge in [-0.3, -0.25) is 9.59 Å². The van der Waals surface area contributed by atoms with Crippen LogP contribution in [0.4, 0.5) is 11.5 Å². The molecule has 1 aromatic heterocycles. The highest BCUT2D eigenvalue weighted by molar-refractivity contribution is 6.08. The largest absolute Gasteiger partial charge is 0.309 e. The fraction of sp³-hybridized carbons (Fsp3) is 0.0800. The summed E-state index contributed by atoms with van der Waals surface area (Å²) in [6.07, 6.45) is 0. The summed E-state index contributed by atoms with van der Waals surface area (Å²) >= 11 is 0. The predicted octanol–water partition coefficient (Wildman–Crippen LogP) is 5.15. The highest BCUT2D eigenvalue weighted by atomic mass is 16.2. The number of rotatable bonds is 5. The van der Waals surface area contributed by atoms with E-state index in [0.29, 0.717) is 29.2 Å². The number of fused-ring (bicyclic) bond motifs is 1. The maximum Gasteiger partial charge on any atom is 0.258 e. The summed E-state index contributed by atoms with van der Waals surface area (Å²) < 4.78 is 0. The van der Waals surface area contributed by atoms with Crippen molar-refractivity contribution >= 4 is 34.2 Å². The molecule has 0 aliphatic carbocycles. The number of benzene rings is 3. The minimum Gasteiger partial charge on any atom is -0.309 e. The van der Waals surface area contributed by atoms with Gasteiger partial charge in [0.05, 0.1) is 5.52 Å². The molecule has 0 saturated carbocycles. The fourth-order valence-corrected chi connectivity index (χ4v) is 3.32. The second-order valence-electron chi connectivity index (χ2n) is 6.81. The van der Waals surface area contributed by atoms with E-state index in [1.165, 1.54) is 0 Å². The van der Waals surface area contributed by atoms with E-state index in [9.17, 15) is 9.59 Å². The lowest BCUT2D eigenvalue weighted by atomic mass is 10.1. The summed E-state index contributed by atoms with van der Waals surface area (Å²) in [7, 11) is 0. The molecule has 0 radical (unpaired) electrons. The minimum atomic E-state index is -0.275. The van der Waals surface area contributed by atoms with Crippen LogP contribution in [-0.2, 0) is 0 Å². The molecule has 0 aliphatic heterocycles.